The van der Waals surface area contributed by atoms with Gasteiger partial charge in [0.1, 0.15) is 0 Å². The van der Waals surface area contributed by atoms with Gasteiger partial charge in [-0.2, -0.15) is 0 Å². The van der Waals surface area contributed by atoms with Gasteiger partial charge < -0.3 is 0 Å². The van der Waals surface area contributed by atoms with E-state index in [1.807, 2.05) is 0 Å². The molecule has 0 bridgehead atoms. The normalized spacial score (nSPS) is 15.7. The molecule has 0 amide bonds. The first kappa shape index (κ1) is 9.51. The van der Waals surface area contributed by atoms with Crippen molar-refractivity contribution in [3.63, 3.8) is 0 Å². The molecule has 1 unspecified atom stereocenters. The molecule has 9 heavy (non-hydrogen) atoms. The zero-order valence-corrected chi connectivity index (χ0v) is 8.42. The molecule has 0 aliphatic carbocycles. The highest BCUT2D eigenvalue weighted by atomic mass is 35.5. The van der Waals surface area contributed by atoms with Crippen LogP contribution in [0.5, 0.6) is 0 Å². The quantitative estimate of drug-likeness (QED) is 0.433. The molecule has 0 nitrogen and oxygen atoms in total. The molecule has 0 aromatic heterocycles. The summed E-state index contributed by atoms with van der Waals surface area (Å²) in [5, 5.41) is 0.825. The zero-order valence-electron chi connectivity index (χ0n) is 6.66. The van der Waals surface area contributed by atoms with Crippen LogP contribution in [-0.2, 0) is 0 Å². The van der Waals surface area contributed by atoms with Crippen LogP contribution in [0.4, 0.5) is 0 Å². The fraction of sp³-hybridized carbons (Fsp3) is 1.00. The predicted octanol–water partition coefficient (Wildman–Crippen LogP) is 2.95. The van der Waals surface area contributed by atoms with Crippen molar-refractivity contribution in [3.8, 4) is 0 Å². The van der Waals surface area contributed by atoms with Crippen molar-refractivity contribution in [1.29, 1.82) is 0 Å². The van der Waals surface area contributed by atoms with Crippen LogP contribution in [0, 0.1) is 0 Å². The minimum Gasteiger partial charge on any atom is -0.124 e. The molecule has 0 saturated carbocycles. The van der Waals surface area contributed by atoms with Gasteiger partial charge >= 0.3 is 0 Å². The number of hydrogen-bond donors (Lipinski definition) is 0. The lowest BCUT2D eigenvalue weighted by atomic mass is 10.2. The number of halogens is 1. The van der Waals surface area contributed by atoms with Crippen LogP contribution >= 0.6 is 11.6 Å². The monoisotopic (exact) mass is 162 g/mol. The summed E-state index contributed by atoms with van der Waals surface area (Å²) in [5.41, 5.74) is 0. The smallest absolute Gasteiger partial charge is 0.0460 e. The topological polar surface area (TPSA) is 0 Å². The van der Waals surface area contributed by atoms with E-state index in [4.69, 9.17) is 11.6 Å². The first-order chi connectivity index (χ1) is 3.92. The average molecular weight is 163 g/mol. The Morgan fingerprint density at radius 3 is 2.00 bits per heavy atom. The third-order valence-electron chi connectivity index (χ3n) is 0.914. The van der Waals surface area contributed by atoms with E-state index in [0.717, 1.165) is 15.6 Å². The minimum absolute atomic E-state index is 0.350. The second-order valence-electron chi connectivity index (χ2n) is 3.41. The molecule has 2 radical (unpaired) electrons. The maximum atomic E-state index is 5.79. The molecule has 54 valence electrons. The molecule has 0 aromatic carbocycles. The van der Waals surface area contributed by atoms with E-state index < -0.39 is 0 Å². The summed E-state index contributed by atoms with van der Waals surface area (Å²) in [4.78, 5) is 0. The summed E-state index contributed by atoms with van der Waals surface area (Å²) in [6, 6.07) is 1.16. The Balaban J connectivity index is 3.28. The standard InChI is InChI=1S/C7H15ClSi/c1-6(8)5-9-7(2,3)4/h6H,5H2,1-4H3. The predicted molar refractivity (Wildman–Crippen MR) is 45.6 cm³/mol. The third kappa shape index (κ3) is 8.51. The molecule has 0 heterocycles. The molecule has 2 heteroatoms. The van der Waals surface area contributed by atoms with Gasteiger partial charge in [-0.25, -0.2) is 0 Å². The first-order valence-electron chi connectivity index (χ1n) is 3.31. The lowest BCUT2D eigenvalue weighted by Crippen LogP contribution is -2.10. The van der Waals surface area contributed by atoms with Gasteiger partial charge in [-0.3, -0.25) is 0 Å². The molecule has 0 rings (SSSR count). The highest BCUT2D eigenvalue weighted by Gasteiger charge is 2.11. The van der Waals surface area contributed by atoms with Gasteiger partial charge in [-0.15, -0.1) is 11.6 Å². The van der Waals surface area contributed by atoms with E-state index in [0.29, 0.717) is 10.4 Å². The fourth-order valence-corrected chi connectivity index (χ4v) is 1.57. The highest BCUT2D eigenvalue weighted by Crippen LogP contribution is 2.22. The molecule has 0 aliphatic rings. The van der Waals surface area contributed by atoms with Gasteiger partial charge in [0.15, 0.2) is 0 Å². The van der Waals surface area contributed by atoms with Crippen molar-refractivity contribution >= 4 is 21.1 Å². The van der Waals surface area contributed by atoms with E-state index in [9.17, 15) is 0 Å². The van der Waals surface area contributed by atoms with Gasteiger partial charge in [0, 0.05) is 14.9 Å². The van der Waals surface area contributed by atoms with Crippen LogP contribution in [0.3, 0.4) is 0 Å². The summed E-state index contributed by atoms with van der Waals surface area (Å²) in [6.45, 7) is 8.82. The molecule has 0 spiro atoms. The van der Waals surface area contributed by atoms with Gasteiger partial charge in [-0.05, 0) is 18.0 Å². The molecular weight excluding hydrogens is 148 g/mol. The Hall–Kier alpha value is 0.507. The Morgan fingerprint density at radius 1 is 1.44 bits per heavy atom. The Bertz CT molecular complexity index is 73.5. The SMILES string of the molecule is CC(Cl)C[Si]C(C)(C)C. The van der Waals surface area contributed by atoms with Crippen LogP contribution in [0.25, 0.3) is 0 Å². The largest absolute Gasteiger partial charge is 0.124 e. The summed E-state index contributed by atoms with van der Waals surface area (Å²) < 4.78 is 0. The summed E-state index contributed by atoms with van der Waals surface area (Å²) >= 11 is 5.79. The van der Waals surface area contributed by atoms with Crippen LogP contribution in [0.2, 0.25) is 11.1 Å². The van der Waals surface area contributed by atoms with Crippen LogP contribution in [-0.4, -0.2) is 14.9 Å². The van der Waals surface area contributed by atoms with Gasteiger partial charge in [0.05, 0.1) is 0 Å². The van der Waals surface area contributed by atoms with Crippen LogP contribution in [0.1, 0.15) is 27.7 Å². The maximum Gasteiger partial charge on any atom is 0.0460 e. The van der Waals surface area contributed by atoms with Crippen molar-refractivity contribution < 1.29 is 0 Å². The highest BCUT2D eigenvalue weighted by molar-refractivity contribution is 6.42. The lowest BCUT2D eigenvalue weighted by Gasteiger charge is -2.16. The van der Waals surface area contributed by atoms with Crippen molar-refractivity contribution in [2.24, 2.45) is 0 Å². The average Bonchev–Trinajstić information content (AvgIpc) is 1.59. The van der Waals surface area contributed by atoms with Crippen molar-refractivity contribution in [3.05, 3.63) is 0 Å². The van der Waals surface area contributed by atoms with Crippen molar-refractivity contribution in [2.45, 2.75) is 44.2 Å². The van der Waals surface area contributed by atoms with E-state index in [2.05, 4.69) is 27.7 Å². The summed E-state index contributed by atoms with van der Waals surface area (Å²) in [5.74, 6) is 0. The number of rotatable bonds is 2. The van der Waals surface area contributed by atoms with Gasteiger partial charge in [0.2, 0.25) is 0 Å². The Kier molecular flexibility index (Phi) is 3.82. The van der Waals surface area contributed by atoms with E-state index in [-0.39, 0.29) is 0 Å². The van der Waals surface area contributed by atoms with Crippen molar-refractivity contribution in [1.82, 2.24) is 0 Å². The van der Waals surface area contributed by atoms with Crippen LogP contribution in [0.15, 0.2) is 0 Å². The van der Waals surface area contributed by atoms with E-state index in [1.54, 1.807) is 0 Å². The molecule has 0 fully saturated rings. The maximum absolute atomic E-state index is 5.79. The number of hydrogen-bond acceptors (Lipinski definition) is 0. The van der Waals surface area contributed by atoms with Crippen molar-refractivity contribution in [2.75, 3.05) is 0 Å². The number of alkyl halides is 1. The Morgan fingerprint density at radius 2 is 1.89 bits per heavy atom. The second-order valence-corrected chi connectivity index (χ2v) is 6.42. The molecule has 0 N–H and O–H groups in total. The van der Waals surface area contributed by atoms with Crippen LogP contribution < -0.4 is 0 Å². The van der Waals surface area contributed by atoms with E-state index in [1.165, 1.54) is 0 Å². The molecule has 0 saturated heterocycles. The summed E-state index contributed by atoms with van der Waals surface area (Å²) in [6.07, 6.45) is 0. The van der Waals surface area contributed by atoms with Gasteiger partial charge in [0.25, 0.3) is 0 Å². The second kappa shape index (κ2) is 3.62. The van der Waals surface area contributed by atoms with E-state index >= 15 is 0 Å². The minimum atomic E-state index is 0.350. The molecule has 0 aliphatic heterocycles. The fourth-order valence-electron chi connectivity index (χ4n) is 0.447. The zero-order chi connectivity index (χ0) is 7.49. The van der Waals surface area contributed by atoms with Gasteiger partial charge in [-0.1, -0.05) is 20.8 Å². The third-order valence-corrected chi connectivity index (χ3v) is 3.20. The summed E-state index contributed by atoms with van der Waals surface area (Å²) in [7, 11) is 0.990. The molecule has 0 aromatic rings. The lowest BCUT2D eigenvalue weighted by molar-refractivity contribution is 0.746. The molecular formula is C7H15ClSi. The Labute approximate surface area is 65.8 Å². The molecule has 1 atom stereocenters. The first-order valence-corrected chi connectivity index (χ1v) is 4.95.